The summed E-state index contributed by atoms with van der Waals surface area (Å²) in [5.41, 5.74) is 1.33. The Hall–Kier alpha value is -0.870. The molecule has 2 atom stereocenters. The van der Waals surface area contributed by atoms with E-state index in [2.05, 4.69) is 20.8 Å². The van der Waals surface area contributed by atoms with Crippen LogP contribution < -0.4 is 0 Å². The van der Waals surface area contributed by atoms with E-state index < -0.39 is 5.97 Å². The highest BCUT2D eigenvalue weighted by molar-refractivity contribution is 9.09. The molecule has 3 nitrogen and oxygen atoms in total. The average Bonchev–Trinajstić information content (AvgIpc) is 2.57. The van der Waals surface area contributed by atoms with E-state index in [0.717, 1.165) is 18.5 Å². The Morgan fingerprint density at radius 3 is 2.75 bits per heavy atom. The maximum atomic E-state index is 11.1. The molecule has 0 aliphatic carbocycles. The third-order valence-corrected chi connectivity index (χ3v) is 3.71. The fourth-order valence-corrected chi connectivity index (χ4v) is 3.09. The molecular weight excluding hydrogens is 270 g/mol. The molecule has 4 heteroatoms. The van der Waals surface area contributed by atoms with Gasteiger partial charge in [-0.1, -0.05) is 34.1 Å². The van der Waals surface area contributed by atoms with E-state index in [0.29, 0.717) is 10.4 Å². The smallest absolute Gasteiger partial charge is 0.336 e. The molecule has 2 unspecified atom stereocenters. The highest BCUT2D eigenvalue weighted by atomic mass is 79.9. The van der Waals surface area contributed by atoms with Gasteiger partial charge in [0.25, 0.3) is 0 Å². The number of likely N-dealkylation sites (tertiary alicyclic amines) is 1. The van der Waals surface area contributed by atoms with Crippen LogP contribution >= 0.6 is 15.9 Å². The minimum Gasteiger partial charge on any atom is -0.478 e. The number of hydrogen-bond acceptors (Lipinski definition) is 2. The second kappa shape index (κ2) is 4.55. The van der Waals surface area contributed by atoms with Gasteiger partial charge in [-0.25, -0.2) is 4.79 Å². The largest absolute Gasteiger partial charge is 0.478 e. The van der Waals surface area contributed by atoms with Crippen molar-refractivity contribution in [1.29, 1.82) is 0 Å². The van der Waals surface area contributed by atoms with Gasteiger partial charge in [0.2, 0.25) is 0 Å². The van der Waals surface area contributed by atoms with Crippen LogP contribution in [0.5, 0.6) is 0 Å². The molecule has 0 spiro atoms. The number of halogens is 1. The molecule has 1 aliphatic rings. The van der Waals surface area contributed by atoms with Gasteiger partial charge in [-0.2, -0.15) is 0 Å². The van der Waals surface area contributed by atoms with Gasteiger partial charge in [-0.15, -0.1) is 0 Å². The fraction of sp³-hybridized carbons (Fsp3) is 0.417. The van der Waals surface area contributed by atoms with Crippen molar-refractivity contribution in [2.24, 2.45) is 0 Å². The van der Waals surface area contributed by atoms with Crippen LogP contribution in [0.15, 0.2) is 24.3 Å². The second-order valence-electron chi connectivity index (χ2n) is 4.18. The lowest BCUT2D eigenvalue weighted by Gasteiger charge is -2.21. The topological polar surface area (TPSA) is 40.5 Å². The van der Waals surface area contributed by atoms with E-state index in [1.807, 2.05) is 19.2 Å². The number of nitrogens with zero attached hydrogens (tertiary/aromatic N) is 1. The molecule has 0 aromatic heterocycles. The maximum Gasteiger partial charge on any atom is 0.336 e. The van der Waals surface area contributed by atoms with Crippen LogP contribution in [0.3, 0.4) is 0 Å². The van der Waals surface area contributed by atoms with Crippen molar-refractivity contribution in [2.45, 2.75) is 17.3 Å². The molecule has 1 heterocycles. The molecule has 1 N–H and O–H groups in total. The molecule has 0 bridgehead atoms. The number of carbonyl (C=O) groups is 1. The lowest BCUT2D eigenvalue weighted by atomic mass is 9.99. The Bertz CT molecular complexity index is 408. The first-order valence-electron chi connectivity index (χ1n) is 5.26. The lowest BCUT2D eigenvalue weighted by Crippen LogP contribution is -2.20. The predicted octanol–water partition coefficient (Wildman–Crippen LogP) is 2.52. The van der Waals surface area contributed by atoms with Gasteiger partial charge in [-0.3, -0.25) is 4.90 Å². The molecule has 0 saturated carbocycles. The second-order valence-corrected chi connectivity index (χ2v) is 5.48. The molecule has 1 fully saturated rings. The summed E-state index contributed by atoms with van der Waals surface area (Å²) in [6.07, 6.45) is 0.959. The van der Waals surface area contributed by atoms with Crippen LogP contribution in [0.4, 0.5) is 0 Å². The molecule has 1 aromatic carbocycles. The van der Waals surface area contributed by atoms with E-state index in [1.165, 1.54) is 0 Å². The van der Waals surface area contributed by atoms with Crippen LogP contribution in [-0.4, -0.2) is 34.4 Å². The Morgan fingerprint density at radius 1 is 1.50 bits per heavy atom. The summed E-state index contributed by atoms with van der Waals surface area (Å²) in [4.78, 5) is 13.8. The van der Waals surface area contributed by atoms with Crippen LogP contribution in [0.25, 0.3) is 0 Å². The van der Waals surface area contributed by atoms with Crippen molar-refractivity contribution >= 4 is 21.9 Å². The van der Waals surface area contributed by atoms with Crippen LogP contribution in [0.1, 0.15) is 28.4 Å². The summed E-state index contributed by atoms with van der Waals surface area (Å²) in [6.45, 7) is 0.957. The summed E-state index contributed by atoms with van der Waals surface area (Å²) in [6, 6.07) is 7.46. The number of benzene rings is 1. The predicted molar refractivity (Wildman–Crippen MR) is 66.1 cm³/mol. The van der Waals surface area contributed by atoms with Crippen molar-refractivity contribution < 1.29 is 9.90 Å². The molecule has 1 saturated heterocycles. The number of aromatic carboxylic acids is 1. The zero-order chi connectivity index (χ0) is 11.7. The summed E-state index contributed by atoms with van der Waals surface area (Å²) >= 11 is 3.59. The zero-order valence-corrected chi connectivity index (χ0v) is 10.6. The van der Waals surface area contributed by atoms with E-state index in [-0.39, 0.29) is 6.04 Å². The highest BCUT2D eigenvalue weighted by Crippen LogP contribution is 2.35. The third kappa shape index (κ3) is 2.13. The molecule has 0 amide bonds. The van der Waals surface area contributed by atoms with Gasteiger partial charge in [0, 0.05) is 17.4 Å². The molecule has 2 rings (SSSR count). The van der Waals surface area contributed by atoms with E-state index in [9.17, 15) is 4.79 Å². The first-order chi connectivity index (χ1) is 7.59. The molecule has 16 heavy (non-hydrogen) atoms. The number of rotatable bonds is 2. The Morgan fingerprint density at radius 2 is 2.19 bits per heavy atom. The minimum absolute atomic E-state index is 0.205. The van der Waals surface area contributed by atoms with Gasteiger partial charge in [0.1, 0.15) is 0 Å². The quantitative estimate of drug-likeness (QED) is 0.848. The number of carboxylic acid groups (broad SMARTS) is 1. The van der Waals surface area contributed by atoms with Crippen LogP contribution in [-0.2, 0) is 0 Å². The monoisotopic (exact) mass is 283 g/mol. The van der Waals surface area contributed by atoms with Gasteiger partial charge in [0.05, 0.1) is 5.56 Å². The van der Waals surface area contributed by atoms with E-state index >= 15 is 0 Å². The Balaban J connectivity index is 2.36. The molecule has 86 valence electrons. The van der Waals surface area contributed by atoms with Crippen LogP contribution in [0, 0.1) is 0 Å². The third-order valence-electron chi connectivity index (χ3n) is 3.05. The van der Waals surface area contributed by atoms with Gasteiger partial charge in [-0.05, 0) is 25.1 Å². The normalized spacial score (nSPS) is 25.9. The molecular formula is C12H14BrNO2. The first-order valence-corrected chi connectivity index (χ1v) is 6.17. The summed E-state index contributed by atoms with van der Waals surface area (Å²) in [5, 5.41) is 9.15. The number of alkyl halides is 1. The lowest BCUT2D eigenvalue weighted by molar-refractivity contribution is 0.0694. The van der Waals surface area contributed by atoms with Crippen molar-refractivity contribution in [2.75, 3.05) is 13.6 Å². The first kappa shape index (κ1) is 11.6. The Labute approximate surface area is 103 Å². The van der Waals surface area contributed by atoms with Crippen molar-refractivity contribution in [3.05, 3.63) is 35.4 Å². The number of hydrogen-bond donors (Lipinski definition) is 1. The standard InChI is InChI=1S/C12H14BrNO2/c1-14-7-8(13)6-11(14)9-4-2-3-5-10(9)12(15)16/h2-5,8,11H,6-7H2,1H3,(H,15,16). The zero-order valence-electron chi connectivity index (χ0n) is 9.06. The van der Waals surface area contributed by atoms with Gasteiger partial charge < -0.3 is 5.11 Å². The summed E-state index contributed by atoms with van der Waals surface area (Å²) in [7, 11) is 2.03. The number of carboxylic acids is 1. The van der Waals surface area contributed by atoms with Gasteiger partial charge >= 0.3 is 5.97 Å². The summed E-state index contributed by atoms with van der Waals surface area (Å²) in [5.74, 6) is -0.845. The fourth-order valence-electron chi connectivity index (χ4n) is 2.28. The SMILES string of the molecule is CN1CC(Br)CC1c1ccccc1C(=O)O. The maximum absolute atomic E-state index is 11.1. The minimum atomic E-state index is -0.845. The molecule has 0 radical (unpaired) electrons. The highest BCUT2D eigenvalue weighted by Gasteiger charge is 2.31. The average molecular weight is 284 g/mol. The van der Waals surface area contributed by atoms with E-state index in [4.69, 9.17) is 5.11 Å². The van der Waals surface area contributed by atoms with E-state index in [1.54, 1.807) is 12.1 Å². The van der Waals surface area contributed by atoms with Crippen molar-refractivity contribution in [1.82, 2.24) is 4.90 Å². The Kier molecular flexibility index (Phi) is 3.30. The van der Waals surface area contributed by atoms with Crippen molar-refractivity contribution in [3.8, 4) is 0 Å². The molecule has 1 aliphatic heterocycles. The van der Waals surface area contributed by atoms with Crippen molar-refractivity contribution in [3.63, 3.8) is 0 Å². The summed E-state index contributed by atoms with van der Waals surface area (Å²) < 4.78 is 0. The van der Waals surface area contributed by atoms with Gasteiger partial charge in [0.15, 0.2) is 0 Å². The van der Waals surface area contributed by atoms with Crippen LogP contribution in [0.2, 0.25) is 0 Å². The molecule has 1 aromatic rings.